The molecule has 1 atom stereocenters. The number of anilines is 1. The van der Waals surface area contributed by atoms with E-state index in [4.69, 9.17) is 1.37 Å². The molecule has 1 unspecified atom stereocenters. The Morgan fingerprint density at radius 1 is 0.893 bits per heavy atom. The smallest absolute Gasteiger partial charge is 0.0989 e. The highest BCUT2D eigenvalue weighted by atomic mass is 15.4. The summed E-state index contributed by atoms with van der Waals surface area (Å²) in [6.07, 6.45) is 18.6. The van der Waals surface area contributed by atoms with Crippen molar-refractivity contribution in [2.75, 3.05) is 11.5 Å². The normalized spacial score (nSPS) is 28.8. The topological polar surface area (TPSA) is 6.48 Å². The first-order valence-corrected chi connectivity index (χ1v) is 11.6. The van der Waals surface area contributed by atoms with Crippen molar-refractivity contribution >= 4 is 5.69 Å². The van der Waals surface area contributed by atoms with Gasteiger partial charge >= 0.3 is 0 Å². The van der Waals surface area contributed by atoms with Crippen LogP contribution in [0.1, 0.15) is 78.1 Å². The lowest BCUT2D eigenvalue weighted by Gasteiger charge is -2.47. The first kappa shape index (κ1) is 17.2. The third-order valence-corrected chi connectivity index (χ3v) is 8.06. The SMILES string of the molecule is [2H]C1N2C=CC(C3CCCCC3)(C3CCCCC3)C2=C(C)N1c1ccccc1C. The van der Waals surface area contributed by atoms with Gasteiger partial charge in [-0.15, -0.1) is 0 Å². The zero-order valence-electron chi connectivity index (χ0n) is 18.7. The van der Waals surface area contributed by atoms with Gasteiger partial charge in [0, 0.05) is 28.7 Å². The molecule has 0 radical (unpaired) electrons. The molecule has 2 aliphatic carbocycles. The van der Waals surface area contributed by atoms with E-state index in [1.165, 1.54) is 86.9 Å². The Morgan fingerprint density at radius 3 is 2.11 bits per heavy atom. The van der Waals surface area contributed by atoms with E-state index in [0.29, 0.717) is 0 Å². The molecule has 0 bridgehead atoms. The number of fused-ring (bicyclic) bond motifs is 1. The zero-order chi connectivity index (χ0) is 20.0. The Kier molecular flexibility index (Phi) is 4.47. The van der Waals surface area contributed by atoms with Gasteiger partial charge in [-0.25, -0.2) is 0 Å². The minimum absolute atomic E-state index is 0.154. The largest absolute Gasteiger partial charge is 0.331 e. The minimum atomic E-state index is -0.378. The Bertz CT molecular complexity index is 796. The molecule has 0 saturated heterocycles. The summed E-state index contributed by atoms with van der Waals surface area (Å²) in [4.78, 5) is 4.60. The Morgan fingerprint density at radius 2 is 1.50 bits per heavy atom. The minimum Gasteiger partial charge on any atom is -0.331 e. The summed E-state index contributed by atoms with van der Waals surface area (Å²) in [6, 6.07) is 8.58. The summed E-state index contributed by atoms with van der Waals surface area (Å²) < 4.78 is 9.14. The van der Waals surface area contributed by atoms with Gasteiger partial charge in [0.15, 0.2) is 0 Å². The van der Waals surface area contributed by atoms with Crippen LogP contribution < -0.4 is 4.90 Å². The highest BCUT2D eigenvalue weighted by Crippen LogP contribution is 2.59. The predicted molar refractivity (Wildman–Crippen MR) is 118 cm³/mol. The Hall–Kier alpha value is -1.70. The molecule has 2 heterocycles. The molecule has 5 rings (SSSR count). The van der Waals surface area contributed by atoms with Crippen LogP contribution in [0.25, 0.3) is 0 Å². The van der Waals surface area contributed by atoms with Crippen molar-refractivity contribution in [3.8, 4) is 0 Å². The van der Waals surface area contributed by atoms with Gasteiger partial charge in [0.05, 0.1) is 8.02 Å². The van der Waals surface area contributed by atoms with Gasteiger partial charge < -0.3 is 9.80 Å². The van der Waals surface area contributed by atoms with Crippen LogP contribution in [-0.2, 0) is 0 Å². The fraction of sp³-hybridized carbons (Fsp3) is 0.615. The summed E-state index contributed by atoms with van der Waals surface area (Å²) in [7, 11) is 0. The van der Waals surface area contributed by atoms with Crippen molar-refractivity contribution in [3.05, 3.63) is 53.5 Å². The van der Waals surface area contributed by atoms with E-state index in [1.807, 2.05) is 0 Å². The monoisotopic (exact) mass is 377 g/mol. The predicted octanol–water partition coefficient (Wildman–Crippen LogP) is 6.98. The van der Waals surface area contributed by atoms with E-state index in [0.717, 1.165) is 11.8 Å². The number of nitrogens with zero attached hydrogens (tertiary/aromatic N) is 2. The molecule has 2 saturated carbocycles. The lowest BCUT2D eigenvalue weighted by Crippen LogP contribution is -2.41. The lowest BCUT2D eigenvalue weighted by molar-refractivity contribution is 0.0948. The second kappa shape index (κ2) is 7.28. The number of aryl methyl sites for hydroxylation is 1. The summed E-state index contributed by atoms with van der Waals surface area (Å²) in [5.74, 6) is 1.49. The van der Waals surface area contributed by atoms with E-state index < -0.39 is 0 Å². The van der Waals surface area contributed by atoms with E-state index >= 15 is 0 Å². The average Bonchev–Trinajstić information content (AvgIpc) is 3.28. The standard InChI is InChI=1S/C26H36N2/c1-20-11-9-10-16-24(20)28-19-27-18-17-26(25(27)21(28)2,22-12-5-3-6-13-22)23-14-7-4-8-15-23/h9-11,16-18,22-23H,3-8,12-15,19H2,1-2H3/i19D. The first-order chi connectivity index (χ1) is 14.1. The van der Waals surface area contributed by atoms with Crippen molar-refractivity contribution < 1.29 is 1.37 Å². The molecular weight excluding hydrogens is 340 g/mol. The summed E-state index contributed by atoms with van der Waals surface area (Å²) in [5.41, 5.74) is 5.40. The van der Waals surface area contributed by atoms with Crippen molar-refractivity contribution in [3.63, 3.8) is 0 Å². The zero-order valence-corrected chi connectivity index (χ0v) is 17.7. The average molecular weight is 378 g/mol. The van der Waals surface area contributed by atoms with Gasteiger partial charge in [0.2, 0.25) is 0 Å². The maximum atomic E-state index is 9.14. The molecule has 28 heavy (non-hydrogen) atoms. The summed E-state index contributed by atoms with van der Waals surface area (Å²) >= 11 is 0. The molecule has 2 fully saturated rings. The quantitative estimate of drug-likeness (QED) is 0.560. The second-order valence-electron chi connectivity index (χ2n) is 9.53. The fourth-order valence-electron chi connectivity index (χ4n) is 6.73. The molecule has 1 aromatic rings. The number of benzene rings is 1. The molecule has 1 aromatic carbocycles. The van der Waals surface area contributed by atoms with E-state index in [9.17, 15) is 0 Å². The summed E-state index contributed by atoms with van der Waals surface area (Å²) in [5, 5.41) is 0. The third kappa shape index (κ3) is 2.75. The van der Waals surface area contributed by atoms with Crippen molar-refractivity contribution in [2.24, 2.45) is 17.3 Å². The first-order valence-electron chi connectivity index (χ1n) is 12.2. The van der Waals surface area contributed by atoms with Crippen molar-refractivity contribution in [1.29, 1.82) is 0 Å². The van der Waals surface area contributed by atoms with E-state index in [1.54, 1.807) is 0 Å². The Balaban J connectivity index is 1.62. The van der Waals surface area contributed by atoms with Gasteiger partial charge in [0.25, 0.3) is 0 Å². The van der Waals surface area contributed by atoms with Crippen LogP contribution in [-0.4, -0.2) is 11.5 Å². The number of hydrogen-bond acceptors (Lipinski definition) is 2. The van der Waals surface area contributed by atoms with E-state index in [-0.39, 0.29) is 12.1 Å². The van der Waals surface area contributed by atoms with Crippen LogP contribution in [0.15, 0.2) is 47.9 Å². The van der Waals surface area contributed by atoms with Crippen molar-refractivity contribution in [1.82, 2.24) is 4.90 Å². The maximum Gasteiger partial charge on any atom is 0.0989 e. The summed E-state index contributed by atoms with van der Waals surface area (Å²) in [6.45, 7) is 4.09. The molecule has 2 aliphatic heterocycles. The number of rotatable bonds is 3. The van der Waals surface area contributed by atoms with E-state index in [2.05, 4.69) is 60.2 Å². The van der Waals surface area contributed by atoms with Crippen LogP contribution >= 0.6 is 0 Å². The van der Waals surface area contributed by atoms with Gasteiger partial charge in [-0.05, 0) is 63.0 Å². The Labute approximate surface area is 172 Å². The molecule has 150 valence electrons. The third-order valence-electron chi connectivity index (χ3n) is 8.06. The molecule has 0 N–H and O–H groups in total. The molecule has 0 amide bonds. The van der Waals surface area contributed by atoms with Crippen LogP contribution in [0, 0.1) is 24.2 Å². The van der Waals surface area contributed by atoms with Crippen LogP contribution in [0.4, 0.5) is 5.69 Å². The number of hydrogen-bond donors (Lipinski definition) is 0. The van der Waals surface area contributed by atoms with Crippen LogP contribution in [0.2, 0.25) is 0 Å². The number of para-hydroxylation sites is 1. The molecule has 2 nitrogen and oxygen atoms in total. The molecule has 0 spiro atoms. The number of allylic oxidation sites excluding steroid dienone is 2. The molecular formula is C26H36N2. The van der Waals surface area contributed by atoms with Crippen LogP contribution in [0.3, 0.4) is 0 Å². The lowest BCUT2D eigenvalue weighted by atomic mass is 9.57. The highest BCUT2D eigenvalue weighted by Gasteiger charge is 2.53. The maximum absolute atomic E-state index is 9.14. The van der Waals surface area contributed by atoms with Gasteiger partial charge in [-0.1, -0.05) is 62.8 Å². The fourth-order valence-corrected chi connectivity index (χ4v) is 6.73. The molecule has 4 aliphatic rings. The van der Waals surface area contributed by atoms with Crippen molar-refractivity contribution in [2.45, 2.75) is 78.1 Å². The molecule has 0 aromatic heterocycles. The second-order valence-corrected chi connectivity index (χ2v) is 9.53. The van der Waals surface area contributed by atoms with Crippen LogP contribution in [0.5, 0.6) is 0 Å². The van der Waals surface area contributed by atoms with Gasteiger partial charge in [-0.2, -0.15) is 0 Å². The van der Waals surface area contributed by atoms with Gasteiger partial charge in [0.1, 0.15) is 0 Å². The molecule has 2 heteroatoms. The van der Waals surface area contributed by atoms with Gasteiger partial charge in [-0.3, -0.25) is 0 Å². The highest BCUT2D eigenvalue weighted by molar-refractivity contribution is 5.61.